The first-order valence-electron chi connectivity index (χ1n) is 8.65. The van der Waals surface area contributed by atoms with Crippen LogP contribution < -0.4 is 0 Å². The lowest BCUT2D eigenvalue weighted by atomic mass is 10.1. The highest BCUT2D eigenvalue weighted by Gasteiger charge is 1.89. The normalized spacial score (nSPS) is 27.6. The quantitative estimate of drug-likeness (QED) is 0.450. The van der Waals surface area contributed by atoms with Crippen molar-refractivity contribution in [3.8, 4) is 0 Å². The highest BCUT2D eigenvalue weighted by Crippen LogP contribution is 2.09. The lowest BCUT2D eigenvalue weighted by molar-refractivity contribution is 0.600. The third-order valence-electron chi connectivity index (χ3n) is 3.49. The van der Waals surface area contributed by atoms with Gasteiger partial charge in [0.25, 0.3) is 0 Å². The average molecular weight is 294 g/mol. The summed E-state index contributed by atoms with van der Waals surface area (Å²) in [6.07, 6.45) is 40.0. The molecule has 0 N–H and O–H groups in total. The zero-order chi connectivity index (χ0) is 15.6. The topological polar surface area (TPSA) is 0 Å². The summed E-state index contributed by atoms with van der Waals surface area (Å²) >= 11 is 0. The van der Waals surface area contributed by atoms with Crippen LogP contribution in [0.25, 0.3) is 0 Å². The van der Waals surface area contributed by atoms with Crippen LogP contribution in [0, 0.1) is 0 Å². The monoisotopic (exact) mass is 294 g/mol. The summed E-state index contributed by atoms with van der Waals surface area (Å²) in [5, 5.41) is 0. The molecule has 0 heteroatoms. The molecule has 0 heterocycles. The molecule has 0 aromatic rings. The minimum absolute atomic E-state index is 1.20. The maximum atomic E-state index is 2.27. The van der Waals surface area contributed by atoms with E-state index in [0.717, 1.165) is 0 Å². The second-order valence-corrected chi connectivity index (χ2v) is 5.48. The number of hydrogen-bond acceptors (Lipinski definition) is 0. The van der Waals surface area contributed by atoms with E-state index < -0.39 is 0 Å². The fourth-order valence-electron chi connectivity index (χ4n) is 2.22. The van der Waals surface area contributed by atoms with E-state index >= 15 is 0 Å². The van der Waals surface area contributed by atoms with Crippen molar-refractivity contribution in [2.45, 2.75) is 51.4 Å². The van der Waals surface area contributed by atoms with E-state index in [0.29, 0.717) is 0 Å². The fourth-order valence-corrected chi connectivity index (χ4v) is 2.22. The van der Waals surface area contributed by atoms with Gasteiger partial charge in [0, 0.05) is 0 Å². The van der Waals surface area contributed by atoms with E-state index in [2.05, 4.69) is 60.8 Å². The summed E-state index contributed by atoms with van der Waals surface area (Å²) in [5.74, 6) is 0. The van der Waals surface area contributed by atoms with Gasteiger partial charge in [-0.3, -0.25) is 0 Å². The molecule has 0 fully saturated rings. The van der Waals surface area contributed by atoms with Crippen LogP contribution in [-0.2, 0) is 0 Å². The Kier molecular flexibility index (Phi) is 12.9. The SMILES string of the molecule is C1=CCCCCCCCC\C=C/C=C/C=C/C=C/C=C\C=C\1. The average Bonchev–Trinajstić information content (AvgIpc) is 2.53. The Morgan fingerprint density at radius 3 is 0.909 bits per heavy atom. The summed E-state index contributed by atoms with van der Waals surface area (Å²) < 4.78 is 0. The third-order valence-corrected chi connectivity index (χ3v) is 3.49. The molecule has 0 spiro atoms. The smallest absolute Gasteiger partial charge is 0.0348 e. The molecular formula is C22H30. The predicted octanol–water partition coefficient (Wildman–Crippen LogP) is 7.01. The van der Waals surface area contributed by atoms with Crippen LogP contribution in [0.5, 0.6) is 0 Å². The van der Waals surface area contributed by atoms with E-state index in [4.69, 9.17) is 0 Å². The van der Waals surface area contributed by atoms with Crippen molar-refractivity contribution in [2.75, 3.05) is 0 Å². The van der Waals surface area contributed by atoms with Crippen LogP contribution in [0.15, 0.2) is 85.1 Å². The Hall–Kier alpha value is -1.82. The van der Waals surface area contributed by atoms with Crippen molar-refractivity contribution >= 4 is 0 Å². The molecule has 22 heavy (non-hydrogen) atoms. The van der Waals surface area contributed by atoms with Gasteiger partial charge >= 0.3 is 0 Å². The van der Waals surface area contributed by atoms with E-state index in [1.807, 2.05) is 24.3 Å². The minimum Gasteiger partial charge on any atom is -0.0845 e. The molecular weight excluding hydrogens is 264 g/mol. The molecule has 0 saturated carbocycles. The Labute approximate surface area is 137 Å². The lowest BCUT2D eigenvalue weighted by Gasteiger charge is -1.99. The molecule has 0 nitrogen and oxygen atoms in total. The van der Waals surface area contributed by atoms with Gasteiger partial charge in [-0.1, -0.05) is 111 Å². The van der Waals surface area contributed by atoms with Gasteiger partial charge in [-0.25, -0.2) is 0 Å². The molecule has 1 rings (SSSR count). The molecule has 0 unspecified atom stereocenters. The van der Waals surface area contributed by atoms with Crippen molar-refractivity contribution in [3.63, 3.8) is 0 Å². The van der Waals surface area contributed by atoms with E-state index in [1.54, 1.807) is 0 Å². The first-order chi connectivity index (χ1) is 11.0. The molecule has 0 amide bonds. The number of hydrogen-bond donors (Lipinski definition) is 0. The summed E-state index contributed by atoms with van der Waals surface area (Å²) in [7, 11) is 0. The second-order valence-electron chi connectivity index (χ2n) is 5.48. The van der Waals surface area contributed by atoms with Gasteiger partial charge in [0.1, 0.15) is 0 Å². The van der Waals surface area contributed by atoms with Gasteiger partial charge in [0.2, 0.25) is 0 Å². The zero-order valence-corrected chi connectivity index (χ0v) is 13.7. The van der Waals surface area contributed by atoms with Gasteiger partial charge in [0.05, 0.1) is 0 Å². The predicted molar refractivity (Wildman–Crippen MR) is 101 cm³/mol. The van der Waals surface area contributed by atoms with Crippen molar-refractivity contribution < 1.29 is 0 Å². The molecule has 0 saturated heterocycles. The van der Waals surface area contributed by atoms with Crippen LogP contribution in [0.4, 0.5) is 0 Å². The third kappa shape index (κ3) is 13.2. The summed E-state index contributed by atoms with van der Waals surface area (Å²) in [5.41, 5.74) is 0. The first-order valence-corrected chi connectivity index (χ1v) is 8.65. The van der Waals surface area contributed by atoms with Gasteiger partial charge in [-0.2, -0.15) is 0 Å². The maximum absolute atomic E-state index is 2.27. The van der Waals surface area contributed by atoms with E-state index in [1.165, 1.54) is 51.4 Å². The molecule has 0 atom stereocenters. The van der Waals surface area contributed by atoms with Crippen molar-refractivity contribution in [3.05, 3.63) is 85.1 Å². The van der Waals surface area contributed by atoms with Crippen molar-refractivity contribution in [2.24, 2.45) is 0 Å². The van der Waals surface area contributed by atoms with Gasteiger partial charge in [-0.05, 0) is 25.7 Å². The number of rotatable bonds is 0. The zero-order valence-electron chi connectivity index (χ0n) is 13.7. The Morgan fingerprint density at radius 2 is 0.545 bits per heavy atom. The van der Waals surface area contributed by atoms with Crippen LogP contribution in [0.1, 0.15) is 51.4 Å². The van der Waals surface area contributed by atoms with Crippen LogP contribution >= 0.6 is 0 Å². The van der Waals surface area contributed by atoms with Crippen LogP contribution in [0.2, 0.25) is 0 Å². The summed E-state index contributed by atoms with van der Waals surface area (Å²) in [6.45, 7) is 0. The molecule has 0 radical (unpaired) electrons. The molecule has 118 valence electrons. The Morgan fingerprint density at radius 1 is 0.273 bits per heavy atom. The standard InChI is InChI=1S/C22H30/c1-2-4-6-8-10-12-14-16-18-20-22-21-19-17-15-13-11-9-7-5-3-1/h1-14H,15-22H2/b2-1+,5-3-,6-4+,9-7+,10-8+,13-11?,14-12-. The van der Waals surface area contributed by atoms with E-state index in [-0.39, 0.29) is 0 Å². The number of allylic oxidation sites excluding steroid dienone is 14. The fraction of sp³-hybridized carbons (Fsp3) is 0.364. The summed E-state index contributed by atoms with van der Waals surface area (Å²) in [4.78, 5) is 0. The van der Waals surface area contributed by atoms with Gasteiger partial charge in [-0.15, -0.1) is 0 Å². The molecule has 0 aromatic carbocycles. The van der Waals surface area contributed by atoms with Gasteiger partial charge < -0.3 is 0 Å². The van der Waals surface area contributed by atoms with E-state index in [9.17, 15) is 0 Å². The van der Waals surface area contributed by atoms with Crippen molar-refractivity contribution in [1.29, 1.82) is 0 Å². The van der Waals surface area contributed by atoms with Crippen LogP contribution in [-0.4, -0.2) is 0 Å². The Balaban J connectivity index is 2.40. The van der Waals surface area contributed by atoms with Gasteiger partial charge in [0.15, 0.2) is 0 Å². The lowest BCUT2D eigenvalue weighted by Crippen LogP contribution is -1.79. The molecule has 1 aliphatic carbocycles. The highest BCUT2D eigenvalue weighted by atomic mass is 14.0. The van der Waals surface area contributed by atoms with Crippen molar-refractivity contribution in [1.82, 2.24) is 0 Å². The largest absolute Gasteiger partial charge is 0.0845 e. The van der Waals surface area contributed by atoms with Crippen LogP contribution in [0.3, 0.4) is 0 Å². The second kappa shape index (κ2) is 15.6. The maximum Gasteiger partial charge on any atom is -0.0348 e. The highest BCUT2D eigenvalue weighted by molar-refractivity contribution is 5.20. The Bertz CT molecular complexity index is 397. The summed E-state index contributed by atoms with van der Waals surface area (Å²) in [6, 6.07) is 0. The molecule has 0 aliphatic heterocycles. The molecule has 0 bridgehead atoms. The molecule has 0 aromatic heterocycles. The molecule has 1 aliphatic rings. The minimum atomic E-state index is 1.20. The first kappa shape index (κ1) is 18.2.